The predicted octanol–water partition coefficient (Wildman–Crippen LogP) is 4.30. The Labute approximate surface area is 170 Å². The minimum Gasteiger partial charge on any atom is -0.493 e. The molecule has 5 nitrogen and oxygen atoms in total. The van der Waals surface area contributed by atoms with Crippen LogP contribution < -0.4 is 19.6 Å². The van der Waals surface area contributed by atoms with Gasteiger partial charge in [-0.2, -0.15) is 0 Å². The highest BCUT2D eigenvalue weighted by Crippen LogP contribution is 2.37. The van der Waals surface area contributed by atoms with Crippen LogP contribution in [0.15, 0.2) is 41.2 Å². The Balaban J connectivity index is 1.84. The molecule has 28 heavy (non-hydrogen) atoms. The molecule has 4 rings (SSSR count). The lowest BCUT2D eigenvalue weighted by atomic mass is 10.2. The molecule has 0 spiro atoms. The van der Waals surface area contributed by atoms with E-state index in [0.29, 0.717) is 26.0 Å². The SMILES string of the molecule is CCC(C)Oc1c(Cl)cc(C=c2sc3nc4ccccc4n3c2=O)cc1OC. The van der Waals surface area contributed by atoms with Gasteiger partial charge in [-0.05, 0) is 49.2 Å². The van der Waals surface area contributed by atoms with Crippen molar-refractivity contribution in [2.75, 3.05) is 7.11 Å². The second-order valence-corrected chi connectivity index (χ2v) is 7.92. The van der Waals surface area contributed by atoms with Gasteiger partial charge in [0.25, 0.3) is 5.56 Å². The number of fused-ring (bicyclic) bond motifs is 3. The van der Waals surface area contributed by atoms with E-state index in [1.807, 2.05) is 44.2 Å². The van der Waals surface area contributed by atoms with E-state index in [2.05, 4.69) is 4.98 Å². The summed E-state index contributed by atoms with van der Waals surface area (Å²) in [5.74, 6) is 1.06. The molecule has 4 aromatic rings. The lowest BCUT2D eigenvalue weighted by Crippen LogP contribution is -2.22. The maximum Gasteiger partial charge on any atom is 0.274 e. The minimum atomic E-state index is -0.0938. The molecule has 0 N–H and O–H groups in total. The van der Waals surface area contributed by atoms with Gasteiger partial charge in [0.2, 0.25) is 0 Å². The van der Waals surface area contributed by atoms with Gasteiger partial charge in [-0.25, -0.2) is 9.38 Å². The van der Waals surface area contributed by atoms with Crippen LogP contribution in [0.1, 0.15) is 25.8 Å². The quantitative estimate of drug-likeness (QED) is 0.488. The number of imidazole rings is 1. The Morgan fingerprint density at radius 3 is 2.86 bits per heavy atom. The fourth-order valence-electron chi connectivity index (χ4n) is 2.99. The van der Waals surface area contributed by atoms with Crippen LogP contribution in [0.25, 0.3) is 22.1 Å². The number of halogens is 1. The first kappa shape index (κ1) is 18.8. The lowest BCUT2D eigenvalue weighted by Gasteiger charge is -2.17. The zero-order valence-corrected chi connectivity index (χ0v) is 17.3. The van der Waals surface area contributed by atoms with Gasteiger partial charge in [-0.1, -0.05) is 42.0 Å². The van der Waals surface area contributed by atoms with Crippen LogP contribution in [0.2, 0.25) is 5.02 Å². The smallest absolute Gasteiger partial charge is 0.274 e. The molecule has 0 fully saturated rings. The molecule has 2 aromatic carbocycles. The molecule has 1 atom stereocenters. The normalized spacial score (nSPS) is 13.4. The van der Waals surface area contributed by atoms with Crippen LogP contribution >= 0.6 is 22.9 Å². The van der Waals surface area contributed by atoms with Gasteiger partial charge in [0.15, 0.2) is 16.5 Å². The number of ether oxygens (including phenoxy) is 2. The van der Waals surface area contributed by atoms with Gasteiger partial charge in [0.1, 0.15) is 0 Å². The van der Waals surface area contributed by atoms with E-state index in [1.54, 1.807) is 23.7 Å². The zero-order valence-electron chi connectivity index (χ0n) is 15.7. The van der Waals surface area contributed by atoms with E-state index in [1.165, 1.54) is 11.3 Å². The van der Waals surface area contributed by atoms with Crippen LogP contribution in [0.5, 0.6) is 11.5 Å². The van der Waals surface area contributed by atoms with Gasteiger partial charge in [0, 0.05) is 0 Å². The molecule has 0 amide bonds. The summed E-state index contributed by atoms with van der Waals surface area (Å²) in [4.78, 5) is 18.1. The molecular weight excluding hydrogens is 396 g/mol. The summed E-state index contributed by atoms with van der Waals surface area (Å²) < 4.78 is 13.6. The molecule has 0 aliphatic carbocycles. The van der Waals surface area contributed by atoms with Gasteiger partial charge in [-0.15, -0.1) is 0 Å². The van der Waals surface area contributed by atoms with Crippen LogP contribution in [0.4, 0.5) is 0 Å². The lowest BCUT2D eigenvalue weighted by molar-refractivity contribution is 0.208. The Kier molecular flexibility index (Phi) is 5.00. The molecule has 2 heterocycles. The van der Waals surface area contributed by atoms with Gasteiger partial charge >= 0.3 is 0 Å². The maximum absolute atomic E-state index is 12.9. The molecule has 0 aliphatic rings. The van der Waals surface area contributed by atoms with Crippen molar-refractivity contribution >= 4 is 45.0 Å². The zero-order chi connectivity index (χ0) is 19.8. The summed E-state index contributed by atoms with van der Waals surface area (Å²) >= 11 is 7.79. The van der Waals surface area contributed by atoms with E-state index < -0.39 is 0 Å². The molecular formula is C21H19ClN2O3S. The summed E-state index contributed by atoms with van der Waals surface area (Å²) in [6.45, 7) is 4.02. The van der Waals surface area contributed by atoms with Crippen LogP contribution in [-0.4, -0.2) is 22.6 Å². The van der Waals surface area contributed by atoms with Crippen LogP contribution in [0, 0.1) is 0 Å². The van der Waals surface area contributed by atoms with Crippen molar-refractivity contribution in [1.29, 1.82) is 0 Å². The van der Waals surface area contributed by atoms with Gasteiger partial charge in [-0.3, -0.25) is 4.79 Å². The summed E-state index contributed by atoms with van der Waals surface area (Å²) in [5.41, 5.74) is 2.30. The summed E-state index contributed by atoms with van der Waals surface area (Å²) in [7, 11) is 1.57. The van der Waals surface area contributed by atoms with Crippen molar-refractivity contribution in [2.24, 2.45) is 0 Å². The van der Waals surface area contributed by atoms with Crippen LogP contribution in [-0.2, 0) is 0 Å². The molecule has 0 radical (unpaired) electrons. The summed E-state index contributed by atoms with van der Waals surface area (Å²) in [6.07, 6.45) is 2.68. The van der Waals surface area contributed by atoms with E-state index in [9.17, 15) is 4.79 Å². The fourth-order valence-corrected chi connectivity index (χ4v) is 4.24. The van der Waals surface area contributed by atoms with E-state index >= 15 is 0 Å². The first-order valence-corrected chi connectivity index (χ1v) is 10.2. The number of hydrogen-bond donors (Lipinski definition) is 0. The van der Waals surface area contributed by atoms with E-state index in [4.69, 9.17) is 21.1 Å². The third-order valence-electron chi connectivity index (χ3n) is 4.59. The highest BCUT2D eigenvalue weighted by Gasteiger charge is 2.15. The molecule has 7 heteroatoms. The second kappa shape index (κ2) is 7.45. The first-order chi connectivity index (χ1) is 13.5. The molecule has 144 valence electrons. The number of methoxy groups -OCH3 is 1. The predicted molar refractivity (Wildman–Crippen MR) is 114 cm³/mol. The van der Waals surface area contributed by atoms with Crippen molar-refractivity contribution < 1.29 is 9.47 Å². The monoisotopic (exact) mass is 414 g/mol. The second-order valence-electron chi connectivity index (χ2n) is 6.51. The Morgan fingerprint density at radius 2 is 2.11 bits per heavy atom. The topological polar surface area (TPSA) is 52.8 Å². The number of hydrogen-bond acceptors (Lipinski definition) is 5. The Bertz CT molecular complexity index is 1280. The number of thiazole rings is 1. The molecule has 0 saturated carbocycles. The molecule has 0 saturated heterocycles. The van der Waals surface area contributed by atoms with Crippen molar-refractivity contribution in [1.82, 2.24) is 9.38 Å². The average Bonchev–Trinajstić information content (AvgIpc) is 3.19. The third kappa shape index (κ3) is 3.23. The van der Waals surface area contributed by atoms with Crippen molar-refractivity contribution in [3.05, 3.63) is 61.9 Å². The van der Waals surface area contributed by atoms with Crippen molar-refractivity contribution in [3.63, 3.8) is 0 Å². The third-order valence-corrected chi connectivity index (χ3v) is 5.84. The molecule has 2 aromatic heterocycles. The van der Waals surface area contributed by atoms with Crippen molar-refractivity contribution in [2.45, 2.75) is 26.4 Å². The number of benzene rings is 2. The highest BCUT2D eigenvalue weighted by atomic mass is 35.5. The number of rotatable bonds is 5. The van der Waals surface area contributed by atoms with Gasteiger partial charge < -0.3 is 9.47 Å². The molecule has 0 aliphatic heterocycles. The molecule has 1 unspecified atom stereocenters. The highest BCUT2D eigenvalue weighted by molar-refractivity contribution is 7.15. The molecule has 0 bridgehead atoms. The fraction of sp³-hybridized carbons (Fsp3) is 0.238. The van der Waals surface area contributed by atoms with Crippen molar-refractivity contribution in [3.8, 4) is 11.5 Å². The standard InChI is InChI=1S/C21H19ClN2O3S/c1-4-12(2)27-19-14(22)9-13(10-17(19)26-3)11-18-20(25)24-16-8-6-5-7-15(16)23-21(24)28-18/h5-12H,4H2,1-3H3. The summed E-state index contributed by atoms with van der Waals surface area (Å²) in [6, 6.07) is 11.2. The summed E-state index contributed by atoms with van der Waals surface area (Å²) in [5, 5.41) is 0.449. The number of para-hydroxylation sites is 2. The van der Waals surface area contributed by atoms with E-state index in [-0.39, 0.29) is 11.7 Å². The van der Waals surface area contributed by atoms with E-state index in [0.717, 1.165) is 23.0 Å². The number of aromatic nitrogens is 2. The minimum absolute atomic E-state index is 0.0211. The number of nitrogens with zero attached hydrogens (tertiary/aromatic N) is 2. The first-order valence-electron chi connectivity index (χ1n) is 8.97. The Hall–Kier alpha value is -2.57. The van der Waals surface area contributed by atoms with Crippen LogP contribution in [0.3, 0.4) is 0 Å². The largest absolute Gasteiger partial charge is 0.493 e. The average molecular weight is 415 g/mol. The Morgan fingerprint density at radius 1 is 1.32 bits per heavy atom. The van der Waals surface area contributed by atoms with Gasteiger partial charge in [0.05, 0.1) is 33.8 Å². The maximum atomic E-state index is 12.9.